The monoisotopic (exact) mass is 447 g/mol. The number of carbonyl (C=O) groups is 1. The van der Waals surface area contributed by atoms with Crippen molar-refractivity contribution in [2.24, 2.45) is 0 Å². The van der Waals surface area contributed by atoms with Crippen LogP contribution in [0.15, 0.2) is 72.9 Å². The van der Waals surface area contributed by atoms with Gasteiger partial charge in [0.15, 0.2) is 0 Å². The van der Waals surface area contributed by atoms with E-state index in [0.29, 0.717) is 31.1 Å². The fourth-order valence-electron chi connectivity index (χ4n) is 3.47. The van der Waals surface area contributed by atoms with Crippen LogP contribution in [0.25, 0.3) is 0 Å². The highest BCUT2D eigenvalue weighted by molar-refractivity contribution is 5.78. The van der Waals surface area contributed by atoms with Gasteiger partial charge in [-0.3, -0.25) is 14.7 Å². The van der Waals surface area contributed by atoms with Gasteiger partial charge in [-0.1, -0.05) is 30.3 Å². The second-order valence-corrected chi connectivity index (χ2v) is 7.80. The molecule has 172 valence electrons. The molecule has 2 aromatic carbocycles. The van der Waals surface area contributed by atoms with Gasteiger partial charge in [-0.25, -0.2) is 0 Å². The number of hydrogen-bond donors (Lipinski definition) is 1. The van der Waals surface area contributed by atoms with E-state index in [9.17, 15) is 4.79 Å². The van der Waals surface area contributed by atoms with Gasteiger partial charge in [-0.05, 0) is 42.0 Å². The minimum atomic E-state index is -0.0319. The summed E-state index contributed by atoms with van der Waals surface area (Å²) in [7, 11) is 0. The fraction of sp³-hybridized carbons (Fsp3) is 0.308. The van der Waals surface area contributed by atoms with E-state index < -0.39 is 0 Å². The number of ether oxygens (including phenoxy) is 3. The maximum Gasteiger partial charge on any atom is 0.224 e. The predicted molar refractivity (Wildman–Crippen MR) is 125 cm³/mol. The Morgan fingerprint density at radius 3 is 2.39 bits per heavy atom. The summed E-state index contributed by atoms with van der Waals surface area (Å²) >= 11 is 0. The summed E-state index contributed by atoms with van der Waals surface area (Å²) in [4.78, 5) is 18.8. The SMILES string of the molecule is O=C(Cc1ccccc1)NCc1ccc(Oc2ccc(OCCN3CCOCC3)cc2)cn1. The lowest BCUT2D eigenvalue weighted by atomic mass is 10.1. The third kappa shape index (κ3) is 7.59. The number of carbonyl (C=O) groups excluding carboxylic acids is 1. The molecule has 0 atom stereocenters. The molecule has 3 aromatic rings. The van der Waals surface area contributed by atoms with Gasteiger partial charge in [0.05, 0.1) is 38.1 Å². The molecule has 1 fully saturated rings. The molecule has 0 saturated carbocycles. The van der Waals surface area contributed by atoms with Gasteiger partial charge >= 0.3 is 0 Å². The average molecular weight is 448 g/mol. The second kappa shape index (κ2) is 12.0. The first-order valence-corrected chi connectivity index (χ1v) is 11.2. The van der Waals surface area contributed by atoms with Crippen molar-refractivity contribution in [3.63, 3.8) is 0 Å². The molecule has 1 N–H and O–H groups in total. The average Bonchev–Trinajstić information content (AvgIpc) is 2.86. The molecule has 33 heavy (non-hydrogen) atoms. The van der Waals surface area contributed by atoms with Gasteiger partial charge in [0.1, 0.15) is 23.9 Å². The molecule has 2 heterocycles. The summed E-state index contributed by atoms with van der Waals surface area (Å²) in [6.45, 7) is 5.43. The fourth-order valence-corrected chi connectivity index (χ4v) is 3.47. The van der Waals surface area contributed by atoms with Gasteiger partial charge in [-0.15, -0.1) is 0 Å². The minimum Gasteiger partial charge on any atom is -0.492 e. The highest BCUT2D eigenvalue weighted by Gasteiger charge is 2.10. The highest BCUT2D eigenvalue weighted by Crippen LogP contribution is 2.23. The van der Waals surface area contributed by atoms with Crippen molar-refractivity contribution < 1.29 is 19.0 Å². The van der Waals surface area contributed by atoms with Crippen LogP contribution in [0.5, 0.6) is 17.2 Å². The van der Waals surface area contributed by atoms with Crippen molar-refractivity contribution in [1.82, 2.24) is 15.2 Å². The number of amides is 1. The van der Waals surface area contributed by atoms with Gasteiger partial charge in [0.25, 0.3) is 0 Å². The third-order valence-corrected chi connectivity index (χ3v) is 5.31. The Labute approximate surface area is 194 Å². The van der Waals surface area contributed by atoms with Gasteiger partial charge < -0.3 is 19.5 Å². The molecule has 1 aromatic heterocycles. The molecule has 1 saturated heterocycles. The Morgan fingerprint density at radius 2 is 1.67 bits per heavy atom. The summed E-state index contributed by atoms with van der Waals surface area (Å²) < 4.78 is 17.1. The third-order valence-electron chi connectivity index (χ3n) is 5.31. The molecule has 0 aliphatic carbocycles. The number of nitrogens with zero attached hydrogens (tertiary/aromatic N) is 2. The molecule has 1 amide bonds. The second-order valence-electron chi connectivity index (χ2n) is 7.80. The quantitative estimate of drug-likeness (QED) is 0.513. The molecular formula is C26H29N3O4. The molecular weight excluding hydrogens is 418 g/mol. The number of rotatable bonds is 10. The Hall–Kier alpha value is -3.42. The Kier molecular flexibility index (Phi) is 8.27. The van der Waals surface area contributed by atoms with E-state index in [4.69, 9.17) is 14.2 Å². The van der Waals surface area contributed by atoms with Gasteiger partial charge in [0, 0.05) is 19.6 Å². The summed E-state index contributed by atoms with van der Waals surface area (Å²) in [6, 6.07) is 20.9. The summed E-state index contributed by atoms with van der Waals surface area (Å²) in [6.07, 6.45) is 2.01. The van der Waals surface area contributed by atoms with Crippen LogP contribution >= 0.6 is 0 Å². The van der Waals surface area contributed by atoms with Crippen molar-refractivity contribution in [3.8, 4) is 17.2 Å². The lowest BCUT2D eigenvalue weighted by molar-refractivity contribution is -0.120. The van der Waals surface area contributed by atoms with E-state index in [-0.39, 0.29) is 5.91 Å². The van der Waals surface area contributed by atoms with E-state index in [2.05, 4.69) is 15.2 Å². The molecule has 0 radical (unpaired) electrons. The van der Waals surface area contributed by atoms with Gasteiger partial charge in [0.2, 0.25) is 5.91 Å². The van der Waals surface area contributed by atoms with Crippen LogP contribution in [0.2, 0.25) is 0 Å². The van der Waals surface area contributed by atoms with Crippen LogP contribution in [0.3, 0.4) is 0 Å². The molecule has 0 unspecified atom stereocenters. The number of nitrogens with one attached hydrogen (secondary N) is 1. The molecule has 7 nitrogen and oxygen atoms in total. The molecule has 0 spiro atoms. The van der Waals surface area contributed by atoms with E-state index in [0.717, 1.165) is 49.9 Å². The van der Waals surface area contributed by atoms with E-state index in [1.54, 1.807) is 6.20 Å². The first-order valence-electron chi connectivity index (χ1n) is 11.2. The highest BCUT2D eigenvalue weighted by atomic mass is 16.5. The number of hydrogen-bond acceptors (Lipinski definition) is 6. The normalized spacial score (nSPS) is 13.9. The number of pyridine rings is 1. The van der Waals surface area contributed by atoms with E-state index in [1.165, 1.54) is 0 Å². The number of morpholine rings is 1. The number of aromatic nitrogens is 1. The zero-order chi connectivity index (χ0) is 22.7. The predicted octanol–water partition coefficient (Wildman–Crippen LogP) is 3.44. The van der Waals surface area contributed by atoms with Crippen LogP contribution in [-0.4, -0.2) is 55.2 Å². The van der Waals surface area contributed by atoms with Crippen molar-refractivity contribution in [2.45, 2.75) is 13.0 Å². The number of benzene rings is 2. The maximum atomic E-state index is 12.1. The van der Waals surface area contributed by atoms with Crippen LogP contribution in [0.1, 0.15) is 11.3 Å². The lowest BCUT2D eigenvalue weighted by Crippen LogP contribution is -2.38. The van der Waals surface area contributed by atoms with Crippen molar-refractivity contribution >= 4 is 5.91 Å². The molecule has 7 heteroatoms. The van der Waals surface area contributed by atoms with Crippen molar-refractivity contribution in [3.05, 3.63) is 84.2 Å². The van der Waals surface area contributed by atoms with Crippen LogP contribution in [0, 0.1) is 0 Å². The standard InChI is InChI=1S/C26H29N3O4/c30-26(18-21-4-2-1-3-5-21)28-19-22-6-7-25(20-27-22)33-24-10-8-23(9-11-24)32-17-14-29-12-15-31-16-13-29/h1-11,20H,12-19H2,(H,28,30). The first kappa shape index (κ1) is 22.8. The topological polar surface area (TPSA) is 72.9 Å². The molecule has 1 aliphatic rings. The Morgan fingerprint density at radius 1 is 0.939 bits per heavy atom. The largest absolute Gasteiger partial charge is 0.492 e. The van der Waals surface area contributed by atoms with E-state index in [1.807, 2.05) is 66.7 Å². The van der Waals surface area contributed by atoms with Crippen molar-refractivity contribution in [2.75, 3.05) is 39.5 Å². The van der Waals surface area contributed by atoms with Crippen LogP contribution in [-0.2, 0) is 22.5 Å². The molecule has 1 aliphatic heterocycles. The zero-order valence-electron chi connectivity index (χ0n) is 18.6. The molecule has 4 rings (SSSR count). The summed E-state index contributed by atoms with van der Waals surface area (Å²) in [5, 5.41) is 2.90. The maximum absolute atomic E-state index is 12.1. The minimum absolute atomic E-state index is 0.0319. The Bertz CT molecular complexity index is 988. The first-order chi connectivity index (χ1) is 16.2. The lowest BCUT2D eigenvalue weighted by Gasteiger charge is -2.26. The van der Waals surface area contributed by atoms with Gasteiger partial charge in [-0.2, -0.15) is 0 Å². The molecule has 0 bridgehead atoms. The summed E-state index contributed by atoms with van der Waals surface area (Å²) in [5.74, 6) is 2.13. The van der Waals surface area contributed by atoms with Crippen molar-refractivity contribution in [1.29, 1.82) is 0 Å². The summed E-state index contributed by atoms with van der Waals surface area (Å²) in [5.41, 5.74) is 1.76. The smallest absolute Gasteiger partial charge is 0.224 e. The zero-order valence-corrected chi connectivity index (χ0v) is 18.6. The van der Waals surface area contributed by atoms with E-state index >= 15 is 0 Å². The van der Waals surface area contributed by atoms with Crippen LogP contribution < -0.4 is 14.8 Å². The Balaban J connectivity index is 1.18. The van der Waals surface area contributed by atoms with Crippen LogP contribution in [0.4, 0.5) is 0 Å².